The van der Waals surface area contributed by atoms with Crippen LogP contribution in [0.3, 0.4) is 0 Å². The standard InChI is InChI=1S/C14H19NO3/c1-18-12-8-11(9-15-10-12)13(16)14(17)6-4-2-3-5-7-14/h8-10,17H,2-7H2,1H3. The third-order valence-corrected chi connectivity index (χ3v) is 3.56. The highest BCUT2D eigenvalue weighted by molar-refractivity contribution is 6.02. The minimum Gasteiger partial charge on any atom is -0.495 e. The summed E-state index contributed by atoms with van der Waals surface area (Å²) < 4.78 is 5.05. The molecule has 4 nitrogen and oxygen atoms in total. The molecule has 1 aromatic heterocycles. The summed E-state index contributed by atoms with van der Waals surface area (Å²) in [6, 6.07) is 1.64. The Balaban J connectivity index is 2.23. The Morgan fingerprint density at radius 2 is 1.94 bits per heavy atom. The number of aromatic nitrogens is 1. The zero-order valence-electron chi connectivity index (χ0n) is 10.7. The average molecular weight is 249 g/mol. The molecule has 0 aliphatic heterocycles. The number of ketones is 1. The minimum absolute atomic E-state index is 0.226. The van der Waals surface area contributed by atoms with Gasteiger partial charge in [0.25, 0.3) is 0 Å². The Morgan fingerprint density at radius 1 is 1.28 bits per heavy atom. The highest BCUT2D eigenvalue weighted by Crippen LogP contribution is 2.30. The predicted octanol–water partition coefficient (Wildman–Crippen LogP) is 2.36. The number of hydrogen-bond donors (Lipinski definition) is 1. The van der Waals surface area contributed by atoms with Gasteiger partial charge in [0.05, 0.1) is 13.3 Å². The monoisotopic (exact) mass is 249 g/mol. The normalized spacial score (nSPS) is 19.0. The highest BCUT2D eigenvalue weighted by atomic mass is 16.5. The summed E-state index contributed by atoms with van der Waals surface area (Å²) in [5, 5.41) is 10.5. The molecule has 18 heavy (non-hydrogen) atoms. The summed E-state index contributed by atoms with van der Waals surface area (Å²) in [5.41, 5.74) is -0.788. The summed E-state index contributed by atoms with van der Waals surface area (Å²) in [5.74, 6) is 0.314. The summed E-state index contributed by atoms with van der Waals surface area (Å²) in [6.07, 6.45) is 8.12. The van der Waals surface area contributed by atoms with E-state index in [4.69, 9.17) is 4.74 Å². The van der Waals surface area contributed by atoms with Crippen molar-refractivity contribution < 1.29 is 14.6 Å². The van der Waals surface area contributed by atoms with Crippen molar-refractivity contribution >= 4 is 5.78 Å². The molecular formula is C14H19NO3. The van der Waals surface area contributed by atoms with Gasteiger partial charge in [-0.2, -0.15) is 0 Å². The molecular weight excluding hydrogens is 230 g/mol. The number of aliphatic hydroxyl groups is 1. The third kappa shape index (κ3) is 2.70. The number of carbonyl (C=O) groups is 1. The van der Waals surface area contributed by atoms with Crippen LogP contribution in [0.1, 0.15) is 48.9 Å². The lowest BCUT2D eigenvalue weighted by molar-refractivity contribution is 0.0237. The van der Waals surface area contributed by atoms with Gasteiger partial charge in [-0.05, 0) is 18.9 Å². The Labute approximate surface area is 107 Å². The molecule has 0 spiro atoms. The Morgan fingerprint density at radius 3 is 2.56 bits per heavy atom. The number of ether oxygens (including phenoxy) is 1. The number of carbonyl (C=O) groups excluding carboxylic acids is 1. The van der Waals surface area contributed by atoms with E-state index < -0.39 is 5.60 Å². The van der Waals surface area contributed by atoms with E-state index >= 15 is 0 Å². The number of hydrogen-bond acceptors (Lipinski definition) is 4. The van der Waals surface area contributed by atoms with E-state index in [9.17, 15) is 9.90 Å². The summed E-state index contributed by atoms with van der Waals surface area (Å²) >= 11 is 0. The zero-order valence-corrected chi connectivity index (χ0v) is 10.7. The maximum Gasteiger partial charge on any atom is 0.196 e. The van der Waals surface area contributed by atoms with Gasteiger partial charge in [0.2, 0.25) is 0 Å². The lowest BCUT2D eigenvalue weighted by Crippen LogP contribution is -2.38. The van der Waals surface area contributed by atoms with Crippen molar-refractivity contribution in [2.24, 2.45) is 0 Å². The average Bonchev–Trinajstić information content (AvgIpc) is 2.64. The second-order valence-electron chi connectivity index (χ2n) is 4.89. The van der Waals surface area contributed by atoms with Crippen LogP contribution in [0.2, 0.25) is 0 Å². The van der Waals surface area contributed by atoms with Gasteiger partial charge >= 0.3 is 0 Å². The first kappa shape index (κ1) is 13.0. The molecule has 0 atom stereocenters. The molecule has 1 saturated carbocycles. The molecule has 1 N–H and O–H groups in total. The smallest absolute Gasteiger partial charge is 0.196 e. The molecule has 1 aliphatic carbocycles. The van der Waals surface area contributed by atoms with Crippen LogP contribution in [0, 0.1) is 0 Å². The van der Waals surface area contributed by atoms with E-state index in [1.165, 1.54) is 13.3 Å². The van der Waals surface area contributed by atoms with E-state index in [1.807, 2.05) is 0 Å². The maximum absolute atomic E-state index is 12.4. The van der Waals surface area contributed by atoms with Crippen LogP contribution in [0.25, 0.3) is 0 Å². The van der Waals surface area contributed by atoms with Crippen molar-refractivity contribution in [1.29, 1.82) is 0 Å². The molecule has 98 valence electrons. The molecule has 1 heterocycles. The second-order valence-corrected chi connectivity index (χ2v) is 4.89. The molecule has 1 fully saturated rings. The van der Waals surface area contributed by atoms with Crippen LogP contribution in [0.5, 0.6) is 5.75 Å². The first-order valence-electron chi connectivity index (χ1n) is 6.42. The van der Waals surface area contributed by atoms with E-state index in [1.54, 1.807) is 12.3 Å². The number of Topliss-reactive ketones (excluding diaryl/α,β-unsaturated/α-hetero) is 1. The second kappa shape index (κ2) is 5.48. The number of nitrogens with zero attached hydrogens (tertiary/aromatic N) is 1. The van der Waals surface area contributed by atoms with Gasteiger partial charge in [0.1, 0.15) is 11.4 Å². The van der Waals surface area contributed by atoms with E-state index in [0.29, 0.717) is 24.2 Å². The third-order valence-electron chi connectivity index (χ3n) is 3.56. The van der Waals surface area contributed by atoms with Crippen molar-refractivity contribution in [3.8, 4) is 5.75 Å². The van der Waals surface area contributed by atoms with E-state index in [0.717, 1.165) is 25.7 Å². The fourth-order valence-corrected chi connectivity index (χ4v) is 2.46. The van der Waals surface area contributed by atoms with Crippen molar-refractivity contribution in [2.45, 2.75) is 44.1 Å². The molecule has 1 aromatic rings. The molecule has 0 unspecified atom stereocenters. The summed E-state index contributed by atoms with van der Waals surface area (Å²) in [4.78, 5) is 16.4. The molecule has 0 radical (unpaired) electrons. The number of rotatable bonds is 3. The molecule has 0 amide bonds. The fraction of sp³-hybridized carbons (Fsp3) is 0.571. The van der Waals surface area contributed by atoms with Crippen molar-refractivity contribution in [3.05, 3.63) is 24.0 Å². The van der Waals surface area contributed by atoms with Crippen LogP contribution in [-0.4, -0.2) is 28.6 Å². The topological polar surface area (TPSA) is 59.4 Å². The molecule has 4 heteroatoms. The van der Waals surface area contributed by atoms with Gasteiger partial charge in [-0.25, -0.2) is 0 Å². The van der Waals surface area contributed by atoms with Crippen LogP contribution < -0.4 is 4.74 Å². The van der Waals surface area contributed by atoms with Crippen LogP contribution in [0.15, 0.2) is 18.5 Å². The SMILES string of the molecule is COc1cncc(C(=O)C2(O)CCCCCC2)c1. The Bertz CT molecular complexity index is 423. The van der Waals surface area contributed by atoms with E-state index in [-0.39, 0.29) is 5.78 Å². The fourth-order valence-electron chi connectivity index (χ4n) is 2.46. The van der Waals surface area contributed by atoms with Gasteiger partial charge in [-0.3, -0.25) is 9.78 Å². The lowest BCUT2D eigenvalue weighted by atomic mass is 9.86. The van der Waals surface area contributed by atoms with Gasteiger partial charge < -0.3 is 9.84 Å². The Kier molecular flexibility index (Phi) is 3.97. The van der Waals surface area contributed by atoms with Crippen molar-refractivity contribution in [2.75, 3.05) is 7.11 Å². The van der Waals surface area contributed by atoms with Crippen LogP contribution in [0.4, 0.5) is 0 Å². The lowest BCUT2D eigenvalue weighted by Gasteiger charge is -2.24. The quantitative estimate of drug-likeness (QED) is 0.660. The number of pyridine rings is 1. The molecule has 0 aromatic carbocycles. The van der Waals surface area contributed by atoms with Crippen LogP contribution >= 0.6 is 0 Å². The predicted molar refractivity (Wildman–Crippen MR) is 67.8 cm³/mol. The summed E-state index contributed by atoms with van der Waals surface area (Å²) in [7, 11) is 1.53. The van der Waals surface area contributed by atoms with Gasteiger partial charge in [0.15, 0.2) is 5.78 Å². The highest BCUT2D eigenvalue weighted by Gasteiger charge is 2.36. The summed E-state index contributed by atoms with van der Waals surface area (Å²) in [6.45, 7) is 0. The Hall–Kier alpha value is -1.42. The molecule has 2 rings (SSSR count). The molecule has 0 bridgehead atoms. The first-order chi connectivity index (χ1) is 8.65. The van der Waals surface area contributed by atoms with Crippen molar-refractivity contribution in [1.82, 2.24) is 4.98 Å². The first-order valence-corrected chi connectivity index (χ1v) is 6.42. The van der Waals surface area contributed by atoms with Gasteiger partial charge in [0, 0.05) is 11.8 Å². The maximum atomic E-state index is 12.4. The number of methoxy groups -OCH3 is 1. The largest absolute Gasteiger partial charge is 0.495 e. The van der Waals surface area contributed by atoms with Gasteiger partial charge in [-0.1, -0.05) is 25.7 Å². The van der Waals surface area contributed by atoms with Gasteiger partial charge in [-0.15, -0.1) is 0 Å². The minimum atomic E-state index is -1.22. The van der Waals surface area contributed by atoms with E-state index in [2.05, 4.69) is 4.98 Å². The zero-order chi connectivity index (χ0) is 13.0. The molecule has 0 saturated heterocycles. The van der Waals surface area contributed by atoms with Crippen LogP contribution in [-0.2, 0) is 0 Å². The van der Waals surface area contributed by atoms with Crippen molar-refractivity contribution in [3.63, 3.8) is 0 Å². The molecule has 1 aliphatic rings.